The molecular formula is C16H22F3N. The van der Waals surface area contributed by atoms with Crippen molar-refractivity contribution in [2.45, 2.75) is 51.7 Å². The number of rotatable bonds is 2. The molecule has 1 saturated carbocycles. The van der Waals surface area contributed by atoms with Crippen LogP contribution < -0.4 is 5.73 Å². The van der Waals surface area contributed by atoms with Crippen molar-refractivity contribution in [3.8, 4) is 0 Å². The molecule has 0 aliphatic heterocycles. The van der Waals surface area contributed by atoms with Gasteiger partial charge in [-0.25, -0.2) is 0 Å². The van der Waals surface area contributed by atoms with E-state index in [-0.39, 0.29) is 24.8 Å². The van der Waals surface area contributed by atoms with Crippen LogP contribution in [-0.2, 0) is 0 Å². The van der Waals surface area contributed by atoms with E-state index in [2.05, 4.69) is 6.07 Å². The second-order valence-electron chi connectivity index (χ2n) is 6.02. The Morgan fingerprint density at radius 3 is 2.15 bits per heavy atom. The number of nitrogens with two attached hydrogens (primary N) is 1. The van der Waals surface area contributed by atoms with Crippen molar-refractivity contribution < 1.29 is 13.2 Å². The average molecular weight is 285 g/mol. The Kier molecular flexibility index (Phi) is 4.43. The monoisotopic (exact) mass is 285 g/mol. The van der Waals surface area contributed by atoms with Crippen LogP contribution in [0.5, 0.6) is 0 Å². The van der Waals surface area contributed by atoms with Crippen LogP contribution in [0.4, 0.5) is 13.2 Å². The summed E-state index contributed by atoms with van der Waals surface area (Å²) in [6.07, 6.45) is -2.48. The fourth-order valence-electron chi connectivity index (χ4n) is 3.05. The van der Waals surface area contributed by atoms with Gasteiger partial charge in [-0.2, -0.15) is 13.2 Å². The molecule has 1 aliphatic rings. The zero-order valence-corrected chi connectivity index (χ0v) is 12.0. The molecule has 0 aromatic heterocycles. The number of hydrogen-bond donors (Lipinski definition) is 1. The summed E-state index contributed by atoms with van der Waals surface area (Å²) in [7, 11) is 0. The zero-order chi connectivity index (χ0) is 14.9. The molecule has 4 heteroatoms. The highest BCUT2D eigenvalue weighted by Crippen LogP contribution is 2.42. The lowest BCUT2D eigenvalue weighted by Crippen LogP contribution is -2.31. The molecule has 1 atom stereocenters. The fourth-order valence-corrected chi connectivity index (χ4v) is 3.05. The summed E-state index contributed by atoms with van der Waals surface area (Å²) in [4.78, 5) is 0. The lowest BCUT2D eigenvalue weighted by atomic mass is 9.76. The first-order valence-corrected chi connectivity index (χ1v) is 7.18. The van der Waals surface area contributed by atoms with Crippen LogP contribution in [0, 0.1) is 25.7 Å². The Labute approximate surface area is 118 Å². The predicted molar refractivity (Wildman–Crippen MR) is 74.3 cm³/mol. The molecule has 0 amide bonds. The highest BCUT2D eigenvalue weighted by Gasteiger charge is 2.42. The van der Waals surface area contributed by atoms with Crippen molar-refractivity contribution in [2.75, 3.05) is 0 Å². The molecule has 1 aromatic rings. The Bertz CT molecular complexity index is 459. The van der Waals surface area contributed by atoms with Crippen LogP contribution in [0.25, 0.3) is 0 Å². The van der Waals surface area contributed by atoms with E-state index in [1.165, 1.54) is 11.1 Å². The first-order chi connectivity index (χ1) is 9.29. The topological polar surface area (TPSA) is 26.0 Å². The lowest BCUT2D eigenvalue weighted by Gasteiger charge is -2.33. The fraction of sp³-hybridized carbons (Fsp3) is 0.625. The van der Waals surface area contributed by atoms with E-state index in [0.29, 0.717) is 12.8 Å². The summed E-state index contributed by atoms with van der Waals surface area (Å²) < 4.78 is 38.0. The van der Waals surface area contributed by atoms with Gasteiger partial charge in [0.05, 0.1) is 5.92 Å². The maximum absolute atomic E-state index is 12.7. The quantitative estimate of drug-likeness (QED) is 0.839. The first kappa shape index (κ1) is 15.4. The van der Waals surface area contributed by atoms with E-state index in [0.717, 1.165) is 5.56 Å². The van der Waals surface area contributed by atoms with E-state index < -0.39 is 12.1 Å². The molecule has 0 spiro atoms. The minimum atomic E-state index is -4.05. The Morgan fingerprint density at radius 2 is 1.65 bits per heavy atom. The highest BCUT2D eigenvalue weighted by molar-refractivity contribution is 5.31. The molecule has 1 aliphatic carbocycles. The van der Waals surface area contributed by atoms with Gasteiger partial charge in [0.1, 0.15) is 0 Å². The van der Waals surface area contributed by atoms with Gasteiger partial charge in [-0.15, -0.1) is 0 Å². The molecule has 20 heavy (non-hydrogen) atoms. The molecule has 1 fully saturated rings. The van der Waals surface area contributed by atoms with Crippen molar-refractivity contribution in [3.63, 3.8) is 0 Å². The number of hydrogen-bond acceptors (Lipinski definition) is 1. The van der Waals surface area contributed by atoms with Gasteiger partial charge >= 0.3 is 6.18 Å². The lowest BCUT2D eigenvalue weighted by molar-refractivity contribution is -0.184. The predicted octanol–water partition coefficient (Wildman–Crippen LogP) is 4.67. The van der Waals surface area contributed by atoms with Gasteiger partial charge in [-0.3, -0.25) is 0 Å². The maximum atomic E-state index is 12.7. The van der Waals surface area contributed by atoms with Crippen LogP contribution in [0.1, 0.15) is 48.4 Å². The van der Waals surface area contributed by atoms with Gasteiger partial charge in [-0.05, 0) is 62.1 Å². The van der Waals surface area contributed by atoms with Crippen LogP contribution in [0.2, 0.25) is 0 Å². The SMILES string of the molecule is Cc1ccc(C(N)C2CCC(C(F)(F)F)CC2)cc1C. The van der Waals surface area contributed by atoms with Gasteiger partial charge in [0.2, 0.25) is 0 Å². The third kappa shape index (κ3) is 3.35. The van der Waals surface area contributed by atoms with E-state index >= 15 is 0 Å². The Balaban J connectivity index is 2.01. The maximum Gasteiger partial charge on any atom is 0.391 e. The Morgan fingerprint density at radius 1 is 1.05 bits per heavy atom. The zero-order valence-electron chi connectivity index (χ0n) is 12.0. The van der Waals surface area contributed by atoms with Crippen LogP contribution in [0.15, 0.2) is 18.2 Å². The number of alkyl halides is 3. The van der Waals surface area contributed by atoms with Gasteiger partial charge in [0.25, 0.3) is 0 Å². The van der Waals surface area contributed by atoms with Crippen LogP contribution >= 0.6 is 0 Å². The Hall–Kier alpha value is -1.03. The third-order valence-corrected chi connectivity index (χ3v) is 4.66. The summed E-state index contributed by atoms with van der Waals surface area (Å²) >= 11 is 0. The minimum Gasteiger partial charge on any atom is -0.324 e. The molecule has 0 saturated heterocycles. The minimum absolute atomic E-state index is 0.150. The molecule has 2 N–H and O–H groups in total. The average Bonchev–Trinajstić information content (AvgIpc) is 2.40. The van der Waals surface area contributed by atoms with E-state index in [1.54, 1.807) is 0 Å². The number of halogens is 3. The summed E-state index contributed by atoms with van der Waals surface area (Å²) in [6, 6.07) is 5.95. The molecule has 112 valence electrons. The normalized spacial score (nSPS) is 25.5. The van der Waals surface area contributed by atoms with Gasteiger partial charge in [-0.1, -0.05) is 18.2 Å². The van der Waals surface area contributed by atoms with Gasteiger partial charge < -0.3 is 5.73 Å². The van der Waals surface area contributed by atoms with Gasteiger partial charge in [0, 0.05) is 6.04 Å². The third-order valence-electron chi connectivity index (χ3n) is 4.66. The number of aryl methyl sites for hydroxylation is 2. The molecular weight excluding hydrogens is 263 g/mol. The second kappa shape index (κ2) is 5.76. The molecule has 1 unspecified atom stereocenters. The largest absolute Gasteiger partial charge is 0.391 e. The highest BCUT2D eigenvalue weighted by atomic mass is 19.4. The summed E-state index contributed by atoms with van der Waals surface area (Å²) in [5, 5.41) is 0. The summed E-state index contributed by atoms with van der Waals surface area (Å²) in [5.41, 5.74) is 9.70. The van der Waals surface area contributed by atoms with Crippen molar-refractivity contribution in [1.82, 2.24) is 0 Å². The summed E-state index contributed by atoms with van der Waals surface area (Å²) in [5.74, 6) is -0.971. The first-order valence-electron chi connectivity index (χ1n) is 7.18. The van der Waals surface area contributed by atoms with Crippen molar-refractivity contribution in [2.24, 2.45) is 17.6 Å². The van der Waals surface area contributed by atoms with E-state index in [4.69, 9.17) is 5.73 Å². The van der Waals surface area contributed by atoms with Gasteiger partial charge in [0.15, 0.2) is 0 Å². The standard InChI is InChI=1S/C16H22F3N/c1-10-3-4-13(9-11(10)2)15(20)12-5-7-14(8-6-12)16(17,18)19/h3-4,9,12,14-15H,5-8,20H2,1-2H3. The molecule has 0 bridgehead atoms. The molecule has 1 nitrogen and oxygen atoms in total. The number of benzene rings is 1. The molecule has 1 aromatic carbocycles. The summed E-state index contributed by atoms with van der Waals surface area (Å²) in [6.45, 7) is 4.07. The smallest absolute Gasteiger partial charge is 0.324 e. The van der Waals surface area contributed by atoms with Crippen molar-refractivity contribution >= 4 is 0 Å². The molecule has 0 radical (unpaired) electrons. The second-order valence-corrected chi connectivity index (χ2v) is 6.02. The van der Waals surface area contributed by atoms with E-state index in [9.17, 15) is 13.2 Å². The molecule has 0 heterocycles. The molecule has 2 rings (SSSR count). The van der Waals surface area contributed by atoms with Crippen molar-refractivity contribution in [1.29, 1.82) is 0 Å². The van der Waals surface area contributed by atoms with Crippen LogP contribution in [-0.4, -0.2) is 6.18 Å². The van der Waals surface area contributed by atoms with Crippen LogP contribution in [0.3, 0.4) is 0 Å². The van der Waals surface area contributed by atoms with E-state index in [1.807, 2.05) is 26.0 Å². The van der Waals surface area contributed by atoms with Crippen molar-refractivity contribution in [3.05, 3.63) is 34.9 Å².